The van der Waals surface area contributed by atoms with E-state index < -0.39 is 11.7 Å². The van der Waals surface area contributed by atoms with Gasteiger partial charge in [0.25, 0.3) is 0 Å². The molecule has 2 aromatic heterocycles. The minimum atomic E-state index is -0.578. The third-order valence-electron chi connectivity index (χ3n) is 7.15. The number of nitrogens with zero attached hydrogens (tertiary/aromatic N) is 4. The van der Waals surface area contributed by atoms with Crippen LogP contribution in [0.1, 0.15) is 43.6 Å². The highest BCUT2D eigenvalue weighted by Crippen LogP contribution is 2.37. The molecule has 2 aliphatic rings. The highest BCUT2D eigenvalue weighted by Gasteiger charge is 2.51. The summed E-state index contributed by atoms with van der Waals surface area (Å²) < 4.78 is 6.09. The summed E-state index contributed by atoms with van der Waals surface area (Å²) in [6.07, 6.45) is 4.33. The van der Waals surface area contributed by atoms with Crippen LogP contribution in [-0.2, 0) is 0 Å². The molecule has 1 aromatic carbocycles. The molecule has 10 heteroatoms. The number of hydrogen-bond acceptors (Lipinski definition) is 8. The Kier molecular flexibility index (Phi) is 6.56. The molecule has 0 saturated carbocycles. The lowest BCUT2D eigenvalue weighted by Crippen LogP contribution is -2.77. The van der Waals surface area contributed by atoms with E-state index in [1.807, 2.05) is 26.0 Å². The lowest BCUT2D eigenvalue weighted by atomic mass is 9.82. The second kappa shape index (κ2) is 9.44. The standard InChI is InChI=1S/C27H30Cl2N6O2/c1-16(24-20(28)10-32-11-21(24)29)37-18-5-6-22(30)19(8-18)25(31)17-4-7-23(33-9-17)34-12-26(2,13-34)35-14-27(3,36)15-35/h4-11,16,31,36H,12-15,30H2,1-3H3/t16-/m1/s1. The van der Waals surface area contributed by atoms with Crippen LogP contribution in [0.5, 0.6) is 5.75 Å². The number of hydrogen-bond donors (Lipinski definition) is 3. The molecule has 0 aliphatic carbocycles. The first-order valence-corrected chi connectivity index (χ1v) is 12.8. The van der Waals surface area contributed by atoms with Crippen LogP contribution in [0.2, 0.25) is 10.0 Å². The summed E-state index contributed by atoms with van der Waals surface area (Å²) in [6, 6.07) is 9.04. The van der Waals surface area contributed by atoms with E-state index in [1.54, 1.807) is 24.4 Å². The normalized spacial score (nSPS) is 19.0. The first-order valence-electron chi connectivity index (χ1n) is 12.1. The molecule has 2 aliphatic heterocycles. The van der Waals surface area contributed by atoms with Crippen molar-refractivity contribution < 1.29 is 9.84 Å². The zero-order chi connectivity index (χ0) is 26.5. The van der Waals surface area contributed by atoms with Crippen LogP contribution in [0.15, 0.2) is 48.9 Å². The van der Waals surface area contributed by atoms with Crippen LogP contribution in [0.4, 0.5) is 11.5 Å². The Morgan fingerprint density at radius 1 is 1.08 bits per heavy atom. The molecule has 1 atom stereocenters. The van der Waals surface area contributed by atoms with E-state index in [1.165, 1.54) is 12.4 Å². The SMILES string of the molecule is C[C@@H](Oc1ccc(N)c(C(=N)c2ccc(N3CC(C)(N4CC(C)(O)C4)C3)nc2)c1)c1c(Cl)cncc1Cl. The zero-order valence-electron chi connectivity index (χ0n) is 21.0. The van der Waals surface area contributed by atoms with Gasteiger partial charge in [-0.25, -0.2) is 4.98 Å². The number of aliphatic hydroxyl groups is 1. The van der Waals surface area contributed by atoms with Crippen LogP contribution in [0, 0.1) is 5.41 Å². The van der Waals surface area contributed by atoms with E-state index in [-0.39, 0.29) is 11.3 Å². The zero-order valence-corrected chi connectivity index (χ0v) is 22.5. The summed E-state index contributed by atoms with van der Waals surface area (Å²) in [5.41, 5.74) is 8.27. The number of pyridine rings is 2. The van der Waals surface area contributed by atoms with Gasteiger partial charge >= 0.3 is 0 Å². The topological polar surface area (TPSA) is 112 Å². The minimum absolute atomic E-state index is 0.0477. The van der Waals surface area contributed by atoms with Crippen LogP contribution >= 0.6 is 23.2 Å². The van der Waals surface area contributed by atoms with Crippen molar-refractivity contribution in [2.24, 2.45) is 0 Å². The molecule has 0 unspecified atom stereocenters. The third kappa shape index (κ3) is 4.99. The molecular weight excluding hydrogens is 511 g/mol. The number of anilines is 2. The summed E-state index contributed by atoms with van der Waals surface area (Å²) in [5, 5.41) is 19.7. The van der Waals surface area contributed by atoms with Gasteiger partial charge in [0.1, 0.15) is 17.7 Å². The summed E-state index contributed by atoms with van der Waals surface area (Å²) in [4.78, 5) is 13.1. The molecule has 2 saturated heterocycles. The number of aromatic nitrogens is 2. The molecular formula is C27H30Cl2N6O2. The number of rotatable bonds is 7. The smallest absolute Gasteiger partial charge is 0.128 e. The molecule has 0 bridgehead atoms. The van der Waals surface area contributed by atoms with Gasteiger partial charge in [0.2, 0.25) is 0 Å². The third-order valence-corrected chi connectivity index (χ3v) is 7.76. The number of halogens is 2. The number of benzene rings is 1. The first-order chi connectivity index (χ1) is 17.5. The number of nitrogens with two attached hydrogens (primary N) is 1. The van der Waals surface area contributed by atoms with E-state index >= 15 is 0 Å². The Balaban J connectivity index is 1.26. The molecule has 8 nitrogen and oxygen atoms in total. The monoisotopic (exact) mass is 540 g/mol. The summed E-state index contributed by atoms with van der Waals surface area (Å²) in [7, 11) is 0. The quantitative estimate of drug-likeness (QED) is 0.297. The Morgan fingerprint density at radius 3 is 2.35 bits per heavy atom. The van der Waals surface area contributed by atoms with Gasteiger partial charge in [0.15, 0.2) is 0 Å². The number of ether oxygens (including phenoxy) is 1. The summed E-state index contributed by atoms with van der Waals surface area (Å²) in [5.74, 6) is 1.41. The van der Waals surface area contributed by atoms with Crippen molar-refractivity contribution in [3.63, 3.8) is 0 Å². The van der Waals surface area contributed by atoms with Gasteiger partial charge in [0, 0.05) is 67.1 Å². The number of nitrogens with one attached hydrogen (secondary N) is 1. The average Bonchev–Trinajstić information content (AvgIpc) is 2.81. The van der Waals surface area contributed by atoms with E-state index in [0.717, 1.165) is 18.9 Å². The Morgan fingerprint density at radius 2 is 1.76 bits per heavy atom. The van der Waals surface area contributed by atoms with Crippen molar-refractivity contribution in [3.05, 3.63) is 75.7 Å². The molecule has 4 N–H and O–H groups in total. The molecule has 2 fully saturated rings. The van der Waals surface area contributed by atoms with Crippen molar-refractivity contribution in [2.75, 3.05) is 36.8 Å². The van der Waals surface area contributed by atoms with Gasteiger partial charge in [-0.2, -0.15) is 0 Å². The van der Waals surface area contributed by atoms with E-state index in [2.05, 4.69) is 26.7 Å². The number of likely N-dealkylation sites (tertiary alicyclic amines) is 1. The predicted octanol–water partition coefficient (Wildman–Crippen LogP) is 4.57. The maximum Gasteiger partial charge on any atom is 0.128 e. The fourth-order valence-corrected chi connectivity index (χ4v) is 5.74. The Labute approximate surface area is 226 Å². The van der Waals surface area contributed by atoms with Crippen molar-refractivity contribution in [3.8, 4) is 5.75 Å². The highest BCUT2D eigenvalue weighted by molar-refractivity contribution is 6.35. The van der Waals surface area contributed by atoms with Crippen LogP contribution in [0.3, 0.4) is 0 Å². The second-order valence-corrected chi connectivity index (χ2v) is 11.3. The molecule has 37 heavy (non-hydrogen) atoms. The predicted molar refractivity (Wildman–Crippen MR) is 147 cm³/mol. The van der Waals surface area contributed by atoms with Gasteiger partial charge in [-0.1, -0.05) is 23.2 Å². The van der Waals surface area contributed by atoms with Crippen molar-refractivity contribution in [1.29, 1.82) is 5.41 Å². The van der Waals surface area contributed by atoms with Gasteiger partial charge < -0.3 is 20.5 Å². The Bertz CT molecular complexity index is 1310. The molecule has 5 rings (SSSR count). The van der Waals surface area contributed by atoms with Crippen molar-refractivity contribution in [2.45, 2.75) is 38.0 Å². The maximum atomic E-state index is 10.1. The number of nitrogen functional groups attached to an aromatic ring is 1. The molecule has 194 valence electrons. The molecule has 3 aromatic rings. The van der Waals surface area contributed by atoms with E-state index in [0.29, 0.717) is 51.3 Å². The van der Waals surface area contributed by atoms with Crippen molar-refractivity contribution >= 4 is 40.4 Å². The minimum Gasteiger partial charge on any atom is -0.486 e. The van der Waals surface area contributed by atoms with E-state index in [9.17, 15) is 5.11 Å². The first kappa shape index (κ1) is 25.7. The van der Waals surface area contributed by atoms with E-state index in [4.69, 9.17) is 39.1 Å². The van der Waals surface area contributed by atoms with Crippen LogP contribution in [-0.4, -0.2) is 63.0 Å². The van der Waals surface area contributed by atoms with Crippen LogP contribution in [0.25, 0.3) is 0 Å². The second-order valence-electron chi connectivity index (χ2n) is 10.5. The largest absolute Gasteiger partial charge is 0.486 e. The Hall–Kier alpha value is -2.91. The summed E-state index contributed by atoms with van der Waals surface area (Å²) in [6.45, 7) is 9.05. The highest BCUT2D eigenvalue weighted by atomic mass is 35.5. The fraction of sp³-hybridized carbons (Fsp3) is 0.370. The fourth-order valence-electron chi connectivity index (χ4n) is 5.07. The van der Waals surface area contributed by atoms with Gasteiger partial charge in [0.05, 0.1) is 26.9 Å². The van der Waals surface area contributed by atoms with Gasteiger partial charge in [-0.15, -0.1) is 0 Å². The van der Waals surface area contributed by atoms with Gasteiger partial charge in [-0.3, -0.25) is 15.3 Å². The molecule has 0 radical (unpaired) electrons. The molecule has 0 amide bonds. The number of β-amino-alcohol motifs (C(OH)–C–C–N with tert-alkyl or cyclic N) is 1. The van der Waals surface area contributed by atoms with Crippen molar-refractivity contribution in [1.82, 2.24) is 14.9 Å². The molecule has 4 heterocycles. The van der Waals surface area contributed by atoms with Gasteiger partial charge in [-0.05, 0) is 51.1 Å². The maximum absolute atomic E-state index is 10.1. The lowest BCUT2D eigenvalue weighted by molar-refractivity contribution is -0.134. The summed E-state index contributed by atoms with van der Waals surface area (Å²) >= 11 is 12.6. The average molecular weight is 541 g/mol. The van der Waals surface area contributed by atoms with Crippen LogP contribution < -0.4 is 15.4 Å². The lowest BCUT2D eigenvalue weighted by Gasteiger charge is -2.61. The molecule has 0 spiro atoms.